The first kappa shape index (κ1) is 15.4. The van der Waals surface area contributed by atoms with Crippen molar-refractivity contribution < 1.29 is 9.47 Å². The predicted octanol–water partition coefficient (Wildman–Crippen LogP) is 5.22. The Bertz CT molecular complexity index is 463. The molecule has 0 spiro atoms. The molecule has 1 heterocycles. The topological polar surface area (TPSA) is 18.5 Å². The highest BCUT2D eigenvalue weighted by Crippen LogP contribution is 2.35. The van der Waals surface area contributed by atoms with E-state index in [1.807, 2.05) is 6.07 Å². The van der Waals surface area contributed by atoms with Crippen molar-refractivity contribution in [2.75, 3.05) is 6.61 Å². The number of benzene rings is 1. The van der Waals surface area contributed by atoms with Crippen molar-refractivity contribution in [1.29, 1.82) is 0 Å². The van der Waals surface area contributed by atoms with Crippen LogP contribution in [-0.4, -0.2) is 18.3 Å². The van der Waals surface area contributed by atoms with Crippen LogP contribution in [0.1, 0.15) is 32.3 Å². The van der Waals surface area contributed by atoms with Gasteiger partial charge in [0.1, 0.15) is 12.4 Å². The largest absolute Gasteiger partial charge is 0.489 e. The van der Waals surface area contributed by atoms with Gasteiger partial charge in [0.05, 0.1) is 16.7 Å². The van der Waals surface area contributed by atoms with Gasteiger partial charge in [0.15, 0.2) is 0 Å². The zero-order valence-corrected chi connectivity index (χ0v) is 14.1. The number of ether oxygens (including phenoxy) is 2. The average molecular weight is 368 g/mol. The monoisotopic (exact) mass is 366 g/mol. The Morgan fingerprint density at radius 2 is 2.16 bits per heavy atom. The SMILES string of the molecule is CC1(C)CCC(COc2c(Cl)cc(Cl)cc2CBr)O1. The van der Waals surface area contributed by atoms with E-state index >= 15 is 0 Å². The molecule has 0 aromatic heterocycles. The molecule has 0 aliphatic carbocycles. The lowest BCUT2D eigenvalue weighted by Crippen LogP contribution is -2.24. The first-order valence-corrected chi connectivity index (χ1v) is 8.13. The molecular formula is C14H17BrCl2O2. The summed E-state index contributed by atoms with van der Waals surface area (Å²) >= 11 is 15.6. The van der Waals surface area contributed by atoms with Gasteiger partial charge >= 0.3 is 0 Å². The number of alkyl halides is 1. The zero-order chi connectivity index (χ0) is 14.0. The molecule has 1 aromatic carbocycles. The van der Waals surface area contributed by atoms with Gasteiger partial charge in [-0.15, -0.1) is 0 Å². The van der Waals surface area contributed by atoms with Crippen molar-refractivity contribution in [2.45, 2.75) is 43.7 Å². The first-order chi connectivity index (χ1) is 8.91. The molecule has 0 N–H and O–H groups in total. The van der Waals surface area contributed by atoms with E-state index in [1.165, 1.54) is 0 Å². The maximum Gasteiger partial charge on any atom is 0.142 e. The van der Waals surface area contributed by atoms with Gasteiger partial charge in [-0.05, 0) is 38.8 Å². The van der Waals surface area contributed by atoms with Crippen LogP contribution in [0.4, 0.5) is 0 Å². The van der Waals surface area contributed by atoms with Crippen LogP contribution >= 0.6 is 39.1 Å². The predicted molar refractivity (Wildman–Crippen MR) is 82.8 cm³/mol. The standard InChI is InChI=1S/C14H17BrCl2O2/c1-14(2)4-3-11(19-14)8-18-13-9(7-15)5-10(16)6-12(13)17/h5-6,11H,3-4,7-8H2,1-2H3. The highest BCUT2D eigenvalue weighted by Gasteiger charge is 2.32. The van der Waals surface area contributed by atoms with Crippen molar-refractivity contribution in [1.82, 2.24) is 0 Å². The van der Waals surface area contributed by atoms with Crippen molar-refractivity contribution >= 4 is 39.1 Å². The summed E-state index contributed by atoms with van der Waals surface area (Å²) < 4.78 is 11.7. The molecule has 1 fully saturated rings. The molecule has 0 saturated carbocycles. The Balaban J connectivity index is 2.04. The van der Waals surface area contributed by atoms with Gasteiger partial charge in [-0.2, -0.15) is 0 Å². The van der Waals surface area contributed by atoms with Crippen LogP contribution in [0.5, 0.6) is 5.75 Å². The summed E-state index contributed by atoms with van der Waals surface area (Å²) in [5.74, 6) is 0.691. The Morgan fingerprint density at radius 1 is 1.42 bits per heavy atom. The summed E-state index contributed by atoms with van der Waals surface area (Å²) in [5, 5.41) is 1.81. The third kappa shape index (κ3) is 4.01. The second kappa shape index (κ2) is 6.21. The van der Waals surface area contributed by atoms with Crippen LogP contribution in [-0.2, 0) is 10.1 Å². The number of rotatable bonds is 4. The molecule has 2 nitrogen and oxygen atoms in total. The first-order valence-electron chi connectivity index (χ1n) is 6.26. The maximum absolute atomic E-state index is 6.18. The highest BCUT2D eigenvalue weighted by molar-refractivity contribution is 9.08. The van der Waals surface area contributed by atoms with Crippen molar-refractivity contribution in [3.8, 4) is 5.75 Å². The Hall–Kier alpha value is 0.0400. The fourth-order valence-electron chi connectivity index (χ4n) is 2.25. The second-order valence-corrected chi connectivity index (χ2v) is 6.76. The van der Waals surface area contributed by atoms with Gasteiger partial charge in [0, 0.05) is 15.9 Å². The second-order valence-electron chi connectivity index (χ2n) is 5.36. The van der Waals surface area contributed by atoms with Gasteiger partial charge in [0.2, 0.25) is 0 Å². The van der Waals surface area contributed by atoms with Crippen molar-refractivity contribution in [3.05, 3.63) is 27.7 Å². The minimum Gasteiger partial charge on any atom is -0.489 e. The van der Waals surface area contributed by atoms with Crippen LogP contribution < -0.4 is 4.74 Å². The average Bonchev–Trinajstić information content (AvgIpc) is 2.67. The molecule has 1 saturated heterocycles. The Labute approximate surface area is 132 Å². The van der Waals surface area contributed by atoms with Crippen LogP contribution in [0, 0.1) is 0 Å². The lowest BCUT2D eigenvalue weighted by atomic mass is 10.1. The molecule has 0 amide bonds. The summed E-state index contributed by atoms with van der Waals surface area (Å²) in [7, 11) is 0. The summed E-state index contributed by atoms with van der Waals surface area (Å²) in [6, 6.07) is 3.56. The van der Waals surface area contributed by atoms with Crippen LogP contribution in [0.15, 0.2) is 12.1 Å². The maximum atomic E-state index is 6.18. The van der Waals surface area contributed by atoms with E-state index in [0.29, 0.717) is 27.7 Å². The Morgan fingerprint density at radius 3 is 2.74 bits per heavy atom. The molecule has 1 unspecified atom stereocenters. The van der Waals surface area contributed by atoms with E-state index in [0.717, 1.165) is 18.4 Å². The molecule has 0 bridgehead atoms. The van der Waals surface area contributed by atoms with Crippen molar-refractivity contribution in [3.63, 3.8) is 0 Å². The minimum atomic E-state index is -0.0456. The number of hydrogen-bond acceptors (Lipinski definition) is 2. The molecule has 1 atom stereocenters. The summed E-state index contributed by atoms with van der Waals surface area (Å²) in [6.07, 6.45) is 2.20. The fraction of sp³-hybridized carbons (Fsp3) is 0.571. The van der Waals surface area contributed by atoms with Gasteiger partial charge in [-0.3, -0.25) is 0 Å². The lowest BCUT2D eigenvalue weighted by molar-refractivity contribution is -0.0327. The minimum absolute atomic E-state index is 0.0456. The molecule has 5 heteroatoms. The van der Waals surface area contributed by atoms with E-state index in [-0.39, 0.29) is 11.7 Å². The van der Waals surface area contributed by atoms with Crippen molar-refractivity contribution in [2.24, 2.45) is 0 Å². The number of halogens is 3. The molecule has 1 aliphatic rings. The van der Waals surface area contributed by atoms with Gasteiger partial charge in [-0.25, -0.2) is 0 Å². The van der Waals surface area contributed by atoms with E-state index in [1.54, 1.807) is 6.07 Å². The van der Waals surface area contributed by atoms with Crippen LogP contribution in [0.25, 0.3) is 0 Å². The van der Waals surface area contributed by atoms with E-state index in [2.05, 4.69) is 29.8 Å². The molecule has 106 valence electrons. The van der Waals surface area contributed by atoms with Gasteiger partial charge < -0.3 is 9.47 Å². The molecule has 2 rings (SSSR count). The van der Waals surface area contributed by atoms with Gasteiger partial charge in [0.25, 0.3) is 0 Å². The molecule has 0 radical (unpaired) electrons. The summed E-state index contributed by atoms with van der Waals surface area (Å²) in [4.78, 5) is 0. The summed E-state index contributed by atoms with van der Waals surface area (Å²) in [6.45, 7) is 4.73. The smallest absolute Gasteiger partial charge is 0.142 e. The highest BCUT2D eigenvalue weighted by atomic mass is 79.9. The molecule has 1 aromatic rings. The molecular weight excluding hydrogens is 351 g/mol. The summed E-state index contributed by atoms with van der Waals surface area (Å²) in [5.41, 5.74) is 0.908. The normalized spacial score (nSPS) is 21.6. The zero-order valence-electron chi connectivity index (χ0n) is 11.0. The van der Waals surface area contributed by atoms with E-state index in [9.17, 15) is 0 Å². The van der Waals surface area contributed by atoms with E-state index < -0.39 is 0 Å². The van der Waals surface area contributed by atoms with Gasteiger partial charge in [-0.1, -0.05) is 39.1 Å². The van der Waals surface area contributed by atoms with Crippen LogP contribution in [0.3, 0.4) is 0 Å². The Kier molecular flexibility index (Phi) is 5.04. The lowest BCUT2D eigenvalue weighted by Gasteiger charge is -2.20. The quantitative estimate of drug-likeness (QED) is 0.678. The molecule has 19 heavy (non-hydrogen) atoms. The fourth-order valence-corrected chi connectivity index (χ4v) is 3.25. The third-order valence-electron chi connectivity index (χ3n) is 3.20. The van der Waals surface area contributed by atoms with E-state index in [4.69, 9.17) is 32.7 Å². The van der Waals surface area contributed by atoms with Crippen LogP contribution in [0.2, 0.25) is 10.0 Å². The molecule has 1 aliphatic heterocycles. The third-order valence-corrected chi connectivity index (χ3v) is 4.30. The number of hydrogen-bond donors (Lipinski definition) is 0.